The van der Waals surface area contributed by atoms with Crippen molar-refractivity contribution in [2.75, 3.05) is 44.7 Å². The molecule has 0 atom stereocenters. The maximum atomic E-state index is 14.4. The lowest BCUT2D eigenvalue weighted by Gasteiger charge is -2.34. The van der Waals surface area contributed by atoms with Crippen molar-refractivity contribution in [3.8, 4) is 11.6 Å². The first-order chi connectivity index (χ1) is 16.9. The van der Waals surface area contributed by atoms with E-state index < -0.39 is 11.6 Å². The first-order valence-electron chi connectivity index (χ1n) is 11.4. The van der Waals surface area contributed by atoms with Crippen molar-refractivity contribution in [2.45, 2.75) is 13.0 Å². The smallest absolute Gasteiger partial charge is 0.255 e. The van der Waals surface area contributed by atoms with Gasteiger partial charge in [-0.1, -0.05) is 23.7 Å². The minimum Gasteiger partial charge on any atom is -0.435 e. The van der Waals surface area contributed by atoms with Gasteiger partial charge in [0.1, 0.15) is 5.82 Å². The number of fused-ring (bicyclic) bond motifs is 1. The fourth-order valence-electron chi connectivity index (χ4n) is 4.24. The molecular weight excluding hydrogens is 476 g/mol. The van der Waals surface area contributed by atoms with E-state index >= 15 is 0 Å². The predicted octanol–water partition coefficient (Wildman–Crippen LogP) is 4.15. The van der Waals surface area contributed by atoms with E-state index in [4.69, 9.17) is 21.3 Å². The fourth-order valence-corrected chi connectivity index (χ4v) is 4.46. The number of carbonyl (C=O) groups is 1. The van der Waals surface area contributed by atoms with Crippen LogP contribution in [0.3, 0.4) is 0 Å². The second-order valence-corrected chi connectivity index (χ2v) is 9.08. The number of piperazine rings is 1. The summed E-state index contributed by atoms with van der Waals surface area (Å²) in [6, 6.07) is 9.99. The molecule has 5 rings (SSSR count). The van der Waals surface area contributed by atoms with Gasteiger partial charge in [0, 0.05) is 45.2 Å². The molecule has 1 amide bonds. The quantitative estimate of drug-likeness (QED) is 0.537. The number of rotatable bonds is 4. The number of carbonyl (C=O) groups excluding carboxylic acids is 1. The molecule has 0 radical (unpaired) electrons. The largest absolute Gasteiger partial charge is 0.435 e. The molecule has 1 saturated heterocycles. The molecular formula is C25H24ClF2N5O2. The van der Waals surface area contributed by atoms with E-state index in [9.17, 15) is 13.6 Å². The Hall–Kier alpha value is -3.30. The van der Waals surface area contributed by atoms with Gasteiger partial charge in [0.15, 0.2) is 11.6 Å². The highest BCUT2D eigenvalue weighted by atomic mass is 35.5. The number of ether oxygens (including phenoxy) is 1. The van der Waals surface area contributed by atoms with Gasteiger partial charge in [-0.2, -0.15) is 4.98 Å². The predicted molar refractivity (Wildman–Crippen MR) is 128 cm³/mol. The number of amides is 1. The summed E-state index contributed by atoms with van der Waals surface area (Å²) in [5, 5.41) is 0.370. The molecule has 35 heavy (non-hydrogen) atoms. The molecule has 2 aliphatic rings. The summed E-state index contributed by atoms with van der Waals surface area (Å²) >= 11 is 6.25. The summed E-state index contributed by atoms with van der Waals surface area (Å²) in [5.41, 5.74) is 1.74. The topological polar surface area (TPSA) is 61.8 Å². The van der Waals surface area contributed by atoms with Crippen molar-refractivity contribution < 1.29 is 18.3 Å². The Morgan fingerprint density at radius 2 is 1.80 bits per heavy atom. The fraction of sp³-hybridized carbons (Fsp3) is 0.320. The van der Waals surface area contributed by atoms with E-state index in [1.165, 1.54) is 6.07 Å². The minimum absolute atomic E-state index is 0.147. The van der Waals surface area contributed by atoms with Gasteiger partial charge in [0.05, 0.1) is 28.4 Å². The van der Waals surface area contributed by atoms with Crippen LogP contribution in [0.15, 0.2) is 42.5 Å². The van der Waals surface area contributed by atoms with Crippen molar-refractivity contribution >= 4 is 23.5 Å². The molecule has 0 aliphatic carbocycles. The van der Waals surface area contributed by atoms with E-state index in [2.05, 4.69) is 21.8 Å². The molecule has 0 bridgehead atoms. The first-order valence-corrected chi connectivity index (χ1v) is 11.8. The summed E-state index contributed by atoms with van der Waals surface area (Å²) in [4.78, 5) is 28.5. The third-order valence-corrected chi connectivity index (χ3v) is 6.62. The molecule has 1 aromatic heterocycles. The molecule has 2 aromatic carbocycles. The van der Waals surface area contributed by atoms with Crippen LogP contribution >= 0.6 is 11.6 Å². The number of aromatic nitrogens is 2. The lowest BCUT2D eigenvalue weighted by atomic mass is 10.0. The summed E-state index contributed by atoms with van der Waals surface area (Å²) in [5.74, 6) is -1.24. The average molecular weight is 500 g/mol. The average Bonchev–Trinajstić information content (AvgIpc) is 2.85. The number of halogens is 3. The highest BCUT2D eigenvalue weighted by Crippen LogP contribution is 2.33. The van der Waals surface area contributed by atoms with Gasteiger partial charge in [0.25, 0.3) is 5.91 Å². The first kappa shape index (κ1) is 23.4. The van der Waals surface area contributed by atoms with Crippen LogP contribution in [0.5, 0.6) is 11.6 Å². The summed E-state index contributed by atoms with van der Waals surface area (Å²) in [6.45, 7) is 3.85. The normalized spacial score (nSPS) is 16.2. The zero-order chi connectivity index (χ0) is 24.5. The van der Waals surface area contributed by atoms with Gasteiger partial charge in [-0.3, -0.25) is 4.79 Å². The Balaban J connectivity index is 1.50. The lowest BCUT2D eigenvalue weighted by Crippen LogP contribution is -2.45. The van der Waals surface area contributed by atoms with E-state index in [0.29, 0.717) is 35.1 Å². The van der Waals surface area contributed by atoms with Crippen LogP contribution in [0, 0.1) is 11.6 Å². The number of nitrogens with zero attached hydrogens (tertiary/aromatic N) is 5. The number of likely N-dealkylation sites (N-methyl/N-ethyl adjacent to an activating group) is 1. The Kier molecular flexibility index (Phi) is 6.53. The van der Waals surface area contributed by atoms with Crippen LogP contribution in [0.2, 0.25) is 5.02 Å². The molecule has 0 unspecified atom stereocenters. The Bertz CT molecular complexity index is 1270. The van der Waals surface area contributed by atoms with Gasteiger partial charge < -0.3 is 19.4 Å². The lowest BCUT2D eigenvalue weighted by molar-refractivity contribution is 0.0732. The third-order valence-electron chi connectivity index (χ3n) is 6.29. The van der Waals surface area contributed by atoms with E-state index in [0.717, 1.165) is 44.0 Å². The molecule has 182 valence electrons. The third kappa shape index (κ3) is 4.92. The molecule has 0 spiro atoms. The van der Waals surface area contributed by atoms with Gasteiger partial charge in [-0.15, -0.1) is 0 Å². The molecule has 3 heterocycles. The van der Waals surface area contributed by atoms with Gasteiger partial charge >= 0.3 is 0 Å². The van der Waals surface area contributed by atoms with Crippen LogP contribution in [-0.4, -0.2) is 65.4 Å². The van der Waals surface area contributed by atoms with Crippen LogP contribution in [0.25, 0.3) is 0 Å². The molecule has 3 aromatic rings. The zero-order valence-corrected chi connectivity index (χ0v) is 19.9. The Morgan fingerprint density at radius 1 is 1.03 bits per heavy atom. The van der Waals surface area contributed by atoms with Crippen LogP contribution in [-0.2, 0) is 13.0 Å². The summed E-state index contributed by atoms with van der Waals surface area (Å²) in [7, 11) is 2.06. The number of benzene rings is 2. The Morgan fingerprint density at radius 3 is 2.54 bits per heavy atom. The number of hydrogen-bond donors (Lipinski definition) is 0. The number of hydrogen-bond acceptors (Lipinski definition) is 6. The monoisotopic (exact) mass is 499 g/mol. The van der Waals surface area contributed by atoms with E-state index in [1.54, 1.807) is 29.2 Å². The maximum absolute atomic E-state index is 14.4. The highest BCUT2D eigenvalue weighted by Gasteiger charge is 2.30. The molecule has 10 heteroatoms. The molecule has 7 nitrogen and oxygen atoms in total. The summed E-state index contributed by atoms with van der Waals surface area (Å²) in [6.07, 6.45) is 0.483. The maximum Gasteiger partial charge on any atom is 0.255 e. The van der Waals surface area contributed by atoms with Crippen molar-refractivity contribution in [1.29, 1.82) is 0 Å². The van der Waals surface area contributed by atoms with Crippen molar-refractivity contribution in [3.63, 3.8) is 0 Å². The van der Waals surface area contributed by atoms with Crippen molar-refractivity contribution in [1.82, 2.24) is 19.8 Å². The highest BCUT2D eigenvalue weighted by molar-refractivity contribution is 6.33. The van der Waals surface area contributed by atoms with E-state index in [-0.39, 0.29) is 24.1 Å². The minimum atomic E-state index is -0.835. The molecule has 1 fully saturated rings. The Labute approximate surface area is 206 Å². The van der Waals surface area contributed by atoms with Crippen molar-refractivity contribution in [3.05, 3.63) is 75.9 Å². The van der Waals surface area contributed by atoms with Crippen LogP contribution < -0.4 is 9.64 Å². The molecule has 0 N–H and O–H groups in total. The van der Waals surface area contributed by atoms with Crippen LogP contribution in [0.1, 0.15) is 21.6 Å². The second-order valence-electron chi connectivity index (χ2n) is 8.68. The van der Waals surface area contributed by atoms with Gasteiger partial charge in [-0.25, -0.2) is 13.8 Å². The van der Waals surface area contributed by atoms with E-state index in [1.807, 2.05) is 0 Å². The van der Waals surface area contributed by atoms with Crippen molar-refractivity contribution in [2.24, 2.45) is 0 Å². The van der Waals surface area contributed by atoms with Gasteiger partial charge in [-0.05, 0) is 31.3 Å². The van der Waals surface area contributed by atoms with Gasteiger partial charge in [0.2, 0.25) is 11.8 Å². The number of anilines is 1. The standard InChI is InChI=1S/C25H24ClF2N5O2/c1-31-10-12-32(13-11-31)25-29-21-8-9-33(24(34)17-4-2-3-5-19(17)26)15-18(21)23(30-25)35-22-7-6-16(27)14-20(22)28/h2-7,14H,8-13,15H2,1H3. The SMILES string of the molecule is CN1CCN(c2nc3c(c(Oc4ccc(F)cc4F)n2)CN(C(=O)c2ccccc2Cl)CC3)CC1. The molecule has 2 aliphatic heterocycles. The summed E-state index contributed by atoms with van der Waals surface area (Å²) < 4.78 is 33.8. The zero-order valence-electron chi connectivity index (χ0n) is 19.2. The second kappa shape index (κ2) is 9.75. The molecule has 0 saturated carbocycles. The van der Waals surface area contributed by atoms with Crippen LogP contribution in [0.4, 0.5) is 14.7 Å².